The van der Waals surface area contributed by atoms with Crippen molar-refractivity contribution in [1.82, 2.24) is 0 Å². The van der Waals surface area contributed by atoms with E-state index < -0.39 is 5.97 Å². The number of hydrogen-bond donors (Lipinski definition) is 0. The zero-order chi connectivity index (χ0) is 20.2. The first-order valence-corrected chi connectivity index (χ1v) is 9.52. The number of benzene rings is 3. The van der Waals surface area contributed by atoms with Crippen molar-refractivity contribution < 1.29 is 14.3 Å². The molecule has 0 atom stereocenters. The van der Waals surface area contributed by atoms with E-state index in [0.717, 1.165) is 16.7 Å². The number of cyclic esters (lactones) is 1. The second-order valence-electron chi connectivity index (χ2n) is 6.65. The third kappa shape index (κ3) is 4.55. The number of nitrogens with zero attached hydrogens (tertiary/aromatic N) is 1. The molecule has 144 valence electrons. The Morgan fingerprint density at radius 2 is 1.86 bits per heavy atom. The van der Waals surface area contributed by atoms with Crippen LogP contribution in [-0.4, -0.2) is 11.9 Å². The summed E-state index contributed by atoms with van der Waals surface area (Å²) in [5, 5.41) is 0.599. The predicted molar refractivity (Wildman–Crippen MR) is 114 cm³/mol. The Balaban J connectivity index is 1.53. The molecule has 0 bridgehead atoms. The molecule has 1 aliphatic heterocycles. The van der Waals surface area contributed by atoms with Crippen LogP contribution in [0.2, 0.25) is 5.02 Å². The molecule has 29 heavy (non-hydrogen) atoms. The molecule has 0 saturated heterocycles. The van der Waals surface area contributed by atoms with Crippen molar-refractivity contribution in [3.05, 3.63) is 106 Å². The highest BCUT2D eigenvalue weighted by molar-refractivity contribution is 6.31. The van der Waals surface area contributed by atoms with E-state index in [4.69, 9.17) is 21.1 Å². The molecule has 5 heteroatoms. The van der Waals surface area contributed by atoms with E-state index in [-0.39, 0.29) is 11.6 Å². The Kier molecular flexibility index (Phi) is 5.45. The van der Waals surface area contributed by atoms with Crippen molar-refractivity contribution in [2.75, 3.05) is 0 Å². The van der Waals surface area contributed by atoms with E-state index in [9.17, 15) is 4.79 Å². The predicted octanol–water partition coefficient (Wildman–Crippen LogP) is 5.57. The minimum atomic E-state index is -0.493. The molecular weight excluding hydrogens is 386 g/mol. The second-order valence-corrected chi connectivity index (χ2v) is 7.05. The van der Waals surface area contributed by atoms with E-state index >= 15 is 0 Å². The molecule has 3 aromatic carbocycles. The lowest BCUT2D eigenvalue weighted by Crippen LogP contribution is -2.05. The molecule has 0 unspecified atom stereocenters. The first-order chi connectivity index (χ1) is 14.1. The van der Waals surface area contributed by atoms with Crippen LogP contribution < -0.4 is 4.74 Å². The molecule has 3 aromatic rings. The molecule has 0 radical (unpaired) electrons. The monoisotopic (exact) mass is 403 g/mol. The quantitative estimate of drug-likeness (QED) is 0.413. The lowest BCUT2D eigenvalue weighted by atomic mass is 10.1. The van der Waals surface area contributed by atoms with Gasteiger partial charge in [0.25, 0.3) is 0 Å². The highest BCUT2D eigenvalue weighted by atomic mass is 35.5. The fraction of sp³-hybridized carbons (Fsp3) is 0.0833. The van der Waals surface area contributed by atoms with Gasteiger partial charge in [0.1, 0.15) is 12.4 Å². The Morgan fingerprint density at radius 1 is 1.03 bits per heavy atom. The minimum Gasteiger partial charge on any atom is -0.489 e. The lowest BCUT2D eigenvalue weighted by molar-refractivity contribution is -0.129. The zero-order valence-corrected chi connectivity index (χ0v) is 16.5. The van der Waals surface area contributed by atoms with Crippen LogP contribution in [-0.2, 0) is 16.1 Å². The van der Waals surface area contributed by atoms with Crippen LogP contribution in [0.25, 0.3) is 6.08 Å². The first-order valence-electron chi connectivity index (χ1n) is 9.14. The lowest BCUT2D eigenvalue weighted by Gasteiger charge is -2.07. The maximum atomic E-state index is 12.2. The Bertz CT molecular complexity index is 1120. The van der Waals surface area contributed by atoms with Crippen molar-refractivity contribution >= 4 is 29.5 Å². The molecular formula is C24H18ClNO3. The number of hydrogen-bond acceptors (Lipinski definition) is 4. The maximum Gasteiger partial charge on any atom is 0.363 e. The number of esters is 1. The van der Waals surface area contributed by atoms with Gasteiger partial charge in [-0.1, -0.05) is 60.1 Å². The summed E-state index contributed by atoms with van der Waals surface area (Å²) >= 11 is 6.16. The van der Waals surface area contributed by atoms with E-state index in [1.807, 2.05) is 73.7 Å². The average Bonchev–Trinajstić information content (AvgIpc) is 3.10. The number of aliphatic imine (C=N–C) groups is 1. The average molecular weight is 404 g/mol. The summed E-state index contributed by atoms with van der Waals surface area (Å²) in [7, 11) is 0. The topological polar surface area (TPSA) is 47.9 Å². The van der Waals surface area contributed by atoms with Gasteiger partial charge in [-0.3, -0.25) is 0 Å². The molecule has 4 nitrogen and oxygen atoms in total. The summed E-state index contributed by atoms with van der Waals surface area (Å²) in [6.07, 6.45) is 1.68. The van der Waals surface area contributed by atoms with Gasteiger partial charge >= 0.3 is 5.97 Å². The molecule has 0 spiro atoms. The summed E-state index contributed by atoms with van der Waals surface area (Å²) in [5.41, 5.74) is 3.73. The number of rotatable bonds is 5. The molecule has 0 N–H and O–H groups in total. The van der Waals surface area contributed by atoms with E-state index in [2.05, 4.69) is 4.99 Å². The fourth-order valence-corrected chi connectivity index (χ4v) is 3.03. The van der Waals surface area contributed by atoms with Crippen LogP contribution in [0.4, 0.5) is 0 Å². The number of ether oxygens (including phenoxy) is 2. The normalized spacial score (nSPS) is 14.6. The summed E-state index contributed by atoms with van der Waals surface area (Å²) in [4.78, 5) is 16.6. The van der Waals surface area contributed by atoms with Crippen LogP contribution in [0.1, 0.15) is 22.3 Å². The molecule has 0 amide bonds. The second kappa shape index (κ2) is 8.33. The number of carbonyl (C=O) groups excluding carboxylic acids is 1. The third-order valence-corrected chi connectivity index (χ3v) is 4.86. The molecule has 0 fully saturated rings. The van der Waals surface area contributed by atoms with Crippen LogP contribution in [0.3, 0.4) is 0 Å². The summed E-state index contributed by atoms with van der Waals surface area (Å²) in [5.74, 6) is 0.469. The SMILES string of the molecule is Cc1ccc(C2=N/C(=C/c3cccc(OCc4ccccc4)c3)C(=O)O2)cc1Cl. The van der Waals surface area contributed by atoms with Crippen molar-refractivity contribution in [1.29, 1.82) is 0 Å². The van der Waals surface area contributed by atoms with Gasteiger partial charge in [-0.2, -0.15) is 0 Å². The highest BCUT2D eigenvalue weighted by Crippen LogP contribution is 2.24. The van der Waals surface area contributed by atoms with Crippen LogP contribution in [0.15, 0.2) is 83.5 Å². The van der Waals surface area contributed by atoms with Gasteiger partial charge in [0.2, 0.25) is 5.90 Å². The van der Waals surface area contributed by atoms with Crippen LogP contribution in [0.5, 0.6) is 5.75 Å². The minimum absolute atomic E-state index is 0.233. The number of aryl methyl sites for hydroxylation is 1. The third-order valence-electron chi connectivity index (χ3n) is 4.45. The smallest absolute Gasteiger partial charge is 0.363 e. The molecule has 4 rings (SSSR count). The zero-order valence-electron chi connectivity index (χ0n) is 15.8. The largest absolute Gasteiger partial charge is 0.489 e. The maximum absolute atomic E-state index is 12.2. The number of carbonyl (C=O) groups is 1. The van der Waals surface area contributed by atoms with Gasteiger partial charge < -0.3 is 9.47 Å². The molecule has 0 aliphatic carbocycles. The van der Waals surface area contributed by atoms with Crippen LogP contribution in [0, 0.1) is 6.92 Å². The van der Waals surface area contributed by atoms with Gasteiger partial charge in [-0.25, -0.2) is 9.79 Å². The van der Waals surface area contributed by atoms with Gasteiger partial charge in [0, 0.05) is 10.6 Å². The van der Waals surface area contributed by atoms with E-state index in [1.165, 1.54) is 0 Å². The fourth-order valence-electron chi connectivity index (χ4n) is 2.85. The Labute approximate surface area is 174 Å². The summed E-state index contributed by atoms with van der Waals surface area (Å²) in [6.45, 7) is 2.38. The van der Waals surface area contributed by atoms with Gasteiger partial charge in [0.05, 0.1) is 0 Å². The first kappa shape index (κ1) is 19.0. The van der Waals surface area contributed by atoms with Gasteiger partial charge in [0.15, 0.2) is 5.70 Å². The van der Waals surface area contributed by atoms with Crippen molar-refractivity contribution in [3.63, 3.8) is 0 Å². The van der Waals surface area contributed by atoms with Crippen LogP contribution >= 0.6 is 11.6 Å². The molecule has 0 aromatic heterocycles. The molecule has 1 heterocycles. The van der Waals surface area contributed by atoms with E-state index in [1.54, 1.807) is 12.1 Å². The Morgan fingerprint density at radius 3 is 2.66 bits per heavy atom. The van der Waals surface area contributed by atoms with Crippen molar-refractivity contribution in [2.45, 2.75) is 13.5 Å². The van der Waals surface area contributed by atoms with Crippen molar-refractivity contribution in [2.24, 2.45) is 4.99 Å². The standard InChI is InChI=1S/C24H18ClNO3/c1-16-10-11-19(14-21(16)25)23-26-22(24(27)29-23)13-18-8-5-9-20(12-18)28-15-17-6-3-2-4-7-17/h2-14H,15H2,1H3/b22-13+. The molecule has 0 saturated carbocycles. The Hall–Kier alpha value is -3.37. The van der Waals surface area contributed by atoms with Gasteiger partial charge in [-0.15, -0.1) is 0 Å². The van der Waals surface area contributed by atoms with Crippen molar-refractivity contribution in [3.8, 4) is 5.75 Å². The summed E-state index contributed by atoms with van der Waals surface area (Å²) < 4.78 is 11.2. The van der Waals surface area contributed by atoms with Gasteiger partial charge in [-0.05, 0) is 54.0 Å². The molecule has 1 aliphatic rings. The highest BCUT2D eigenvalue weighted by Gasteiger charge is 2.24. The summed E-state index contributed by atoms with van der Waals surface area (Å²) in [6, 6.07) is 22.9. The van der Waals surface area contributed by atoms with E-state index in [0.29, 0.717) is 22.9 Å². The number of halogens is 1.